The number of nitrogens with one attached hydrogen (secondary N) is 1. The summed E-state index contributed by atoms with van der Waals surface area (Å²) in [6.07, 6.45) is 5.05. The summed E-state index contributed by atoms with van der Waals surface area (Å²) >= 11 is 12.2. The van der Waals surface area contributed by atoms with E-state index < -0.39 is 0 Å². The third-order valence-corrected chi connectivity index (χ3v) is 5.83. The van der Waals surface area contributed by atoms with Gasteiger partial charge in [0.15, 0.2) is 18.2 Å². The first kappa shape index (κ1) is 22.0. The maximum Gasteiger partial charge on any atom is 0.276 e. The fourth-order valence-electron chi connectivity index (χ4n) is 3.62. The number of hydrogen-bond acceptors (Lipinski definition) is 4. The molecular weight excluding hydrogens is 473 g/mol. The molecule has 34 heavy (non-hydrogen) atoms. The summed E-state index contributed by atoms with van der Waals surface area (Å²) in [6, 6.07) is 21.1. The predicted molar refractivity (Wildman–Crippen MR) is 133 cm³/mol. The van der Waals surface area contributed by atoms with E-state index in [2.05, 4.69) is 39.8 Å². The van der Waals surface area contributed by atoms with Crippen LogP contribution in [0, 0.1) is 0 Å². The highest BCUT2D eigenvalue weighted by molar-refractivity contribution is 6.37. The van der Waals surface area contributed by atoms with Crippen molar-refractivity contribution in [3.05, 3.63) is 107 Å². The molecule has 1 amide bonds. The Morgan fingerprint density at radius 1 is 0.941 bits per heavy atom. The molecule has 0 aliphatic heterocycles. The Morgan fingerprint density at radius 2 is 1.71 bits per heavy atom. The average molecular weight is 492 g/mol. The van der Waals surface area contributed by atoms with Crippen molar-refractivity contribution in [3.8, 4) is 5.75 Å². The summed E-state index contributed by atoms with van der Waals surface area (Å²) in [5.41, 5.74) is 1.98. The van der Waals surface area contributed by atoms with Crippen LogP contribution in [0.15, 0.2) is 85.3 Å². The van der Waals surface area contributed by atoms with Gasteiger partial charge < -0.3 is 10.1 Å². The number of carbonyl (C=O) groups is 1. The number of anilines is 1. The molecule has 0 bridgehead atoms. The predicted octanol–water partition coefficient (Wildman–Crippen LogP) is 5.88. The lowest BCUT2D eigenvalue weighted by atomic mass is 10.0. The molecule has 0 unspecified atom stereocenters. The Balaban J connectivity index is 1.22. The molecule has 5 rings (SSSR count). The van der Waals surface area contributed by atoms with Gasteiger partial charge in [-0.25, -0.2) is 4.68 Å². The number of halogens is 2. The summed E-state index contributed by atoms with van der Waals surface area (Å²) < 4.78 is 8.92. The van der Waals surface area contributed by atoms with Crippen molar-refractivity contribution >= 4 is 45.6 Å². The van der Waals surface area contributed by atoms with Crippen molar-refractivity contribution in [2.24, 2.45) is 0 Å². The van der Waals surface area contributed by atoms with Crippen LogP contribution < -0.4 is 10.1 Å². The van der Waals surface area contributed by atoms with Crippen molar-refractivity contribution in [2.45, 2.75) is 13.3 Å². The third-order valence-electron chi connectivity index (χ3n) is 5.24. The first-order chi connectivity index (χ1) is 16.6. The van der Waals surface area contributed by atoms with Crippen molar-refractivity contribution in [3.63, 3.8) is 0 Å². The van der Waals surface area contributed by atoms with Gasteiger partial charge in [-0.15, -0.1) is 0 Å². The molecule has 0 radical (unpaired) electrons. The molecule has 2 heterocycles. The molecule has 0 fully saturated rings. The molecule has 170 valence electrons. The Morgan fingerprint density at radius 3 is 2.56 bits per heavy atom. The normalized spacial score (nSPS) is 11.0. The van der Waals surface area contributed by atoms with Crippen molar-refractivity contribution in [2.75, 3.05) is 5.32 Å². The van der Waals surface area contributed by atoms with Crippen LogP contribution >= 0.6 is 23.2 Å². The first-order valence-electron chi connectivity index (χ1n) is 10.5. The number of aromatic nitrogens is 4. The summed E-state index contributed by atoms with van der Waals surface area (Å²) in [7, 11) is 0. The highest BCUT2D eigenvalue weighted by Gasteiger charge is 2.13. The number of ether oxygens (including phenoxy) is 1. The number of rotatable bonds is 7. The second-order valence-corrected chi connectivity index (χ2v) is 8.40. The smallest absolute Gasteiger partial charge is 0.276 e. The zero-order chi connectivity index (χ0) is 23.5. The minimum atomic E-state index is -0.348. The lowest BCUT2D eigenvalue weighted by Crippen LogP contribution is -2.14. The van der Waals surface area contributed by atoms with Crippen LogP contribution in [-0.2, 0) is 13.3 Å². The lowest BCUT2D eigenvalue weighted by Gasteiger charge is -2.09. The summed E-state index contributed by atoms with van der Waals surface area (Å²) in [6.45, 7) is 0.646. The van der Waals surface area contributed by atoms with Gasteiger partial charge in [0.2, 0.25) is 0 Å². The number of hydrogen-bond donors (Lipinski definition) is 1. The van der Waals surface area contributed by atoms with Crippen LogP contribution in [-0.4, -0.2) is 25.5 Å². The molecule has 0 atom stereocenters. The highest BCUT2D eigenvalue weighted by Crippen LogP contribution is 2.32. The Bertz CT molecular complexity index is 1450. The van der Waals surface area contributed by atoms with Gasteiger partial charge in [0.05, 0.1) is 28.5 Å². The monoisotopic (exact) mass is 491 g/mol. The molecule has 2 aromatic heterocycles. The zero-order valence-corrected chi connectivity index (χ0v) is 19.4. The molecule has 7 nitrogen and oxygen atoms in total. The first-order valence-corrected chi connectivity index (χ1v) is 11.2. The topological polar surface area (TPSA) is 74.0 Å². The number of benzene rings is 3. The van der Waals surface area contributed by atoms with E-state index in [1.807, 2.05) is 18.2 Å². The third kappa shape index (κ3) is 4.76. The van der Waals surface area contributed by atoms with Gasteiger partial charge in [0.25, 0.3) is 5.91 Å². The molecule has 0 aliphatic carbocycles. The van der Waals surface area contributed by atoms with Gasteiger partial charge in [0.1, 0.15) is 0 Å². The van der Waals surface area contributed by atoms with E-state index in [0.717, 1.165) is 5.56 Å². The summed E-state index contributed by atoms with van der Waals surface area (Å²) in [5.74, 6) is 0.0187. The fourth-order valence-corrected chi connectivity index (χ4v) is 4.13. The van der Waals surface area contributed by atoms with Crippen molar-refractivity contribution in [1.29, 1.82) is 0 Å². The van der Waals surface area contributed by atoms with Crippen molar-refractivity contribution < 1.29 is 9.53 Å². The summed E-state index contributed by atoms with van der Waals surface area (Å²) in [4.78, 5) is 12.6. The van der Waals surface area contributed by atoms with Gasteiger partial charge in [-0.1, -0.05) is 71.7 Å². The van der Waals surface area contributed by atoms with Crippen LogP contribution in [0.2, 0.25) is 10.0 Å². The minimum absolute atomic E-state index is 0.0553. The van der Waals surface area contributed by atoms with Gasteiger partial charge in [-0.3, -0.25) is 9.48 Å². The molecule has 0 aliphatic rings. The lowest BCUT2D eigenvalue weighted by molar-refractivity contribution is 0.102. The fraction of sp³-hybridized carbons (Fsp3) is 0.0800. The van der Waals surface area contributed by atoms with E-state index in [1.54, 1.807) is 47.5 Å². The molecular formula is C25H19Cl2N5O2. The maximum absolute atomic E-state index is 12.6. The van der Waals surface area contributed by atoms with Gasteiger partial charge in [0, 0.05) is 12.4 Å². The molecule has 3 aromatic carbocycles. The van der Waals surface area contributed by atoms with E-state index in [0.29, 0.717) is 28.0 Å². The second-order valence-electron chi connectivity index (χ2n) is 7.58. The van der Waals surface area contributed by atoms with Crippen LogP contribution in [0.5, 0.6) is 5.75 Å². The number of nitrogens with zero attached hydrogens (tertiary/aromatic N) is 4. The van der Waals surface area contributed by atoms with Crippen LogP contribution in [0.3, 0.4) is 0 Å². The summed E-state index contributed by atoms with van der Waals surface area (Å²) in [5, 5.41) is 14.6. The molecule has 0 saturated heterocycles. The molecule has 1 N–H and O–H groups in total. The number of para-hydroxylation sites is 1. The van der Waals surface area contributed by atoms with E-state index in [9.17, 15) is 4.79 Å². The van der Waals surface area contributed by atoms with Crippen LogP contribution in [0.1, 0.15) is 16.1 Å². The molecule has 5 aromatic rings. The van der Waals surface area contributed by atoms with E-state index >= 15 is 0 Å². The Kier molecular flexibility index (Phi) is 6.20. The SMILES string of the molecule is O=C(Nc1cnn(Cc2cccc3ccccc23)c1)c1ccn(COc2c(Cl)cccc2Cl)n1. The number of fused-ring (bicyclic) bond motifs is 1. The van der Waals surface area contributed by atoms with E-state index in [4.69, 9.17) is 27.9 Å². The van der Waals surface area contributed by atoms with Crippen LogP contribution in [0.25, 0.3) is 10.8 Å². The van der Waals surface area contributed by atoms with Gasteiger partial charge >= 0.3 is 0 Å². The van der Waals surface area contributed by atoms with Crippen LogP contribution in [0.4, 0.5) is 5.69 Å². The standard InChI is InChI=1S/C25H19Cl2N5O2/c26-21-9-4-10-22(27)24(21)34-16-31-12-11-23(30-31)25(33)29-19-13-28-32(15-19)14-18-7-3-6-17-5-1-2-8-20(17)18/h1-13,15H,14,16H2,(H,29,33). The highest BCUT2D eigenvalue weighted by atomic mass is 35.5. The van der Waals surface area contributed by atoms with E-state index in [-0.39, 0.29) is 18.3 Å². The Labute approximate surface area is 205 Å². The molecule has 0 saturated carbocycles. The number of amides is 1. The molecule has 0 spiro atoms. The zero-order valence-electron chi connectivity index (χ0n) is 17.9. The minimum Gasteiger partial charge on any atom is -0.468 e. The quantitative estimate of drug-likeness (QED) is 0.308. The van der Waals surface area contributed by atoms with Gasteiger partial charge in [-0.2, -0.15) is 10.2 Å². The van der Waals surface area contributed by atoms with E-state index in [1.165, 1.54) is 15.5 Å². The maximum atomic E-state index is 12.6. The van der Waals surface area contributed by atoms with Crippen molar-refractivity contribution in [1.82, 2.24) is 19.6 Å². The second kappa shape index (κ2) is 9.59. The number of carbonyl (C=O) groups excluding carboxylic acids is 1. The average Bonchev–Trinajstić information content (AvgIpc) is 3.49. The van der Waals surface area contributed by atoms with Gasteiger partial charge in [-0.05, 0) is 34.5 Å². The molecule has 9 heteroatoms. The Hall–Kier alpha value is -3.81. The largest absolute Gasteiger partial charge is 0.468 e.